The number of unbranched alkanes of at least 4 members (excludes halogenated alkanes) is 75. The summed E-state index contributed by atoms with van der Waals surface area (Å²) < 4.78 is 48.4. The molecule has 1 unspecified atom stereocenters. The first-order valence-electron chi connectivity index (χ1n) is 59.1. The quantitative estimate of drug-likeness (QED) is 0.00943. The van der Waals surface area contributed by atoms with Crippen LogP contribution in [0, 0.1) is 11.3 Å². The zero-order valence-corrected chi connectivity index (χ0v) is 93.5. The van der Waals surface area contributed by atoms with Crippen LogP contribution in [-0.2, 0) is 95.3 Å². The second-order valence-corrected chi connectivity index (χ2v) is 39.6. The van der Waals surface area contributed by atoms with Gasteiger partial charge in [0, 0.05) is 12.2 Å². The molecule has 0 aromatic heterocycles. The number of rotatable bonds is 103. The minimum absolute atomic E-state index is 0.0720. The summed E-state index contributed by atoms with van der Waals surface area (Å²) >= 11 is 0. The maximum absolute atomic E-state index is 12.0. The van der Waals surface area contributed by atoms with Crippen molar-refractivity contribution in [1.29, 1.82) is 0 Å². The minimum Gasteiger partial charge on any atom is -0.465 e. The highest BCUT2D eigenvalue weighted by Crippen LogP contribution is 2.24. The molecule has 0 radical (unpaired) electrons. The summed E-state index contributed by atoms with van der Waals surface area (Å²) in [6, 6.07) is 0. The van der Waals surface area contributed by atoms with E-state index in [0.29, 0.717) is 26.4 Å². The van der Waals surface area contributed by atoms with Crippen molar-refractivity contribution in [2.75, 3.05) is 99.1 Å². The largest absolute Gasteiger partial charge is 0.465 e. The van der Waals surface area contributed by atoms with Gasteiger partial charge in [0.15, 0.2) is 11.3 Å². The van der Waals surface area contributed by atoms with Crippen LogP contribution in [0.2, 0.25) is 0 Å². The van der Waals surface area contributed by atoms with Gasteiger partial charge >= 0.3 is 59.7 Å². The van der Waals surface area contributed by atoms with E-state index in [1.54, 1.807) is 0 Å². The summed E-state index contributed by atoms with van der Waals surface area (Å²) in [4.78, 5) is 114. The van der Waals surface area contributed by atoms with Crippen molar-refractivity contribution in [2.45, 2.75) is 575 Å². The van der Waals surface area contributed by atoms with E-state index >= 15 is 0 Å². The lowest BCUT2D eigenvalue weighted by atomic mass is 9.94. The standard InChI is InChI=1S/C25H48O5.C24H46O5.C24H44O5.C23H44O5.C22H42O5/c1-4-5-6-7-8-9-10-11-12-13-14-15-16-17-18-19-21-29-23(27)25(2,3)24(28)30-22-20-26;1-3-4-5-6-7-8-9-10-11-12-13-14-15-16-17-18-20-28-23(26)22(2)24(27)29-21-19-25;1-2-3-4-5-6-7-8-9-10-11-12-13-14-15-16-17-21-28-23(26)18-19-24(27)29-22-20-25;1-2-3-4-5-6-7-8-9-10-11-12-13-14-15-16-17-19-27-22(25)21-23(26)28-20-18-24;1-2-3-4-5-6-7-8-9-10-11-12-13-14-15-16-17-19-26-21(24)22(25)27-20-18-23/h26H,4-22H2,1-3H3;22,25H,3-21H2,1-2H3;18-19,25H,2-17,20-22H2,1H3;24H,2-21H2,1H3;23H,2-20H2,1H3/b;;19-18-;;. The van der Waals surface area contributed by atoms with Crippen LogP contribution in [-0.4, -0.2) is 184 Å². The first-order valence-corrected chi connectivity index (χ1v) is 59.1. The molecule has 0 amide bonds. The van der Waals surface area contributed by atoms with Gasteiger partial charge in [-0.1, -0.05) is 516 Å². The Hall–Kier alpha value is -5.76. The van der Waals surface area contributed by atoms with E-state index in [4.69, 9.17) is 58.7 Å². The Kier molecular flexibility index (Phi) is 127. The zero-order chi connectivity index (χ0) is 106. The van der Waals surface area contributed by atoms with Crippen LogP contribution in [0.3, 0.4) is 0 Å². The highest BCUT2D eigenvalue weighted by molar-refractivity contribution is 6.29. The second kappa shape index (κ2) is 125. The van der Waals surface area contributed by atoms with Crippen molar-refractivity contribution in [3.05, 3.63) is 12.2 Å². The molecule has 0 saturated heterocycles. The fourth-order valence-corrected chi connectivity index (χ4v) is 16.2. The number of carbonyl (C=O) groups excluding carboxylic acids is 10. The fourth-order valence-electron chi connectivity index (χ4n) is 16.2. The van der Waals surface area contributed by atoms with Gasteiger partial charge in [0.1, 0.15) is 39.5 Å². The molecule has 0 rings (SSSR count). The van der Waals surface area contributed by atoms with Gasteiger partial charge in [-0.2, -0.15) is 0 Å². The van der Waals surface area contributed by atoms with Gasteiger partial charge in [-0.05, 0) is 52.9 Å². The number of aliphatic hydroxyl groups excluding tert-OH is 5. The maximum Gasteiger partial charge on any atom is 0.417 e. The highest BCUT2D eigenvalue weighted by atomic mass is 16.6. The average Bonchev–Trinajstić information content (AvgIpc) is 0.849. The molecule has 0 aliphatic carbocycles. The van der Waals surface area contributed by atoms with Gasteiger partial charge < -0.3 is 72.9 Å². The number of aliphatic hydroxyl groups is 5. The summed E-state index contributed by atoms with van der Waals surface area (Å²) in [7, 11) is 0. The lowest BCUT2D eigenvalue weighted by molar-refractivity contribution is -0.170. The van der Waals surface area contributed by atoms with Crippen molar-refractivity contribution in [1.82, 2.24) is 0 Å². The highest BCUT2D eigenvalue weighted by Gasteiger charge is 2.39. The van der Waals surface area contributed by atoms with Crippen LogP contribution >= 0.6 is 0 Å². The molecular weight excluding hydrogens is 1820 g/mol. The van der Waals surface area contributed by atoms with Crippen molar-refractivity contribution >= 4 is 59.7 Å². The van der Waals surface area contributed by atoms with Gasteiger partial charge in [-0.15, -0.1) is 0 Å². The Morgan fingerprint density at radius 2 is 0.343 bits per heavy atom. The monoisotopic (exact) mass is 2040 g/mol. The lowest BCUT2D eigenvalue weighted by Crippen LogP contribution is -2.37. The number of ether oxygens (including phenoxy) is 10. The minimum atomic E-state index is -1.33. The summed E-state index contributed by atoms with van der Waals surface area (Å²) in [5, 5.41) is 42.8. The second-order valence-electron chi connectivity index (χ2n) is 39.6. The molecule has 25 nitrogen and oxygen atoms in total. The van der Waals surface area contributed by atoms with E-state index in [1.807, 2.05) is 0 Å². The third-order valence-electron chi connectivity index (χ3n) is 25.4. The first kappa shape index (κ1) is 146. The van der Waals surface area contributed by atoms with Crippen LogP contribution in [0.15, 0.2) is 12.2 Å². The van der Waals surface area contributed by atoms with Crippen LogP contribution < -0.4 is 0 Å². The van der Waals surface area contributed by atoms with E-state index in [1.165, 1.54) is 457 Å². The molecule has 0 heterocycles. The van der Waals surface area contributed by atoms with E-state index in [-0.39, 0.29) is 79.1 Å². The van der Waals surface area contributed by atoms with Crippen LogP contribution in [0.4, 0.5) is 0 Å². The smallest absolute Gasteiger partial charge is 0.417 e. The maximum atomic E-state index is 12.0. The van der Waals surface area contributed by atoms with Crippen molar-refractivity contribution in [3.8, 4) is 0 Å². The predicted molar refractivity (Wildman–Crippen MR) is 579 cm³/mol. The van der Waals surface area contributed by atoms with Gasteiger partial charge in [0.05, 0.1) is 66.1 Å². The van der Waals surface area contributed by atoms with E-state index < -0.39 is 71.0 Å². The number of hydrogen-bond donors (Lipinski definition) is 5. The molecule has 0 saturated carbocycles. The fraction of sp³-hybridized carbons (Fsp3) is 0.898. The summed E-state index contributed by atoms with van der Waals surface area (Å²) in [5.74, 6) is -7.72. The van der Waals surface area contributed by atoms with Gasteiger partial charge in [0.25, 0.3) is 0 Å². The molecule has 0 aliphatic heterocycles. The summed E-state index contributed by atoms with van der Waals surface area (Å²) in [5.41, 5.74) is -1.33. The molecule has 0 aliphatic rings. The average molecular weight is 2040 g/mol. The molecule has 0 aromatic carbocycles. The summed E-state index contributed by atoms with van der Waals surface area (Å²) in [6.45, 7) is 15.7. The van der Waals surface area contributed by atoms with Crippen molar-refractivity contribution < 1.29 is 121 Å². The van der Waals surface area contributed by atoms with Crippen LogP contribution in [0.1, 0.15) is 575 Å². The van der Waals surface area contributed by atoms with Crippen molar-refractivity contribution in [3.63, 3.8) is 0 Å². The summed E-state index contributed by atoms with van der Waals surface area (Å²) in [6.07, 6.45) is 106. The van der Waals surface area contributed by atoms with E-state index in [2.05, 4.69) is 48.8 Å². The van der Waals surface area contributed by atoms with Crippen LogP contribution in [0.5, 0.6) is 0 Å². The molecule has 0 aromatic rings. The Bertz CT molecular complexity index is 2740. The van der Waals surface area contributed by atoms with E-state index in [0.717, 1.165) is 89.2 Å². The van der Waals surface area contributed by atoms with Gasteiger partial charge in [-0.25, -0.2) is 19.2 Å². The normalized spacial score (nSPS) is 11.2. The number of hydrogen-bond acceptors (Lipinski definition) is 25. The molecule has 0 fully saturated rings. The first-order chi connectivity index (χ1) is 69.7. The topological polar surface area (TPSA) is 364 Å². The molecule has 846 valence electrons. The predicted octanol–water partition coefficient (Wildman–Crippen LogP) is 29.2. The number of carbonyl (C=O) groups is 10. The number of esters is 10. The Balaban J connectivity index is -0.000000555. The lowest BCUT2D eigenvalue weighted by Gasteiger charge is -2.20. The Labute approximate surface area is 873 Å². The zero-order valence-electron chi connectivity index (χ0n) is 93.5. The molecule has 25 heteroatoms. The van der Waals surface area contributed by atoms with Gasteiger partial charge in [-0.3, -0.25) is 28.8 Å². The van der Waals surface area contributed by atoms with E-state index in [9.17, 15) is 47.9 Å². The third-order valence-corrected chi connectivity index (χ3v) is 25.4. The molecule has 0 spiro atoms. The van der Waals surface area contributed by atoms with Crippen LogP contribution in [0.25, 0.3) is 0 Å². The molecule has 5 N–H and O–H groups in total. The third kappa shape index (κ3) is 121. The molecule has 1 atom stereocenters. The van der Waals surface area contributed by atoms with Crippen molar-refractivity contribution in [2.24, 2.45) is 11.3 Å². The molecule has 143 heavy (non-hydrogen) atoms. The molecular formula is C118H224O25. The molecule has 0 bridgehead atoms. The Morgan fingerprint density at radius 1 is 0.196 bits per heavy atom. The van der Waals surface area contributed by atoms with Gasteiger partial charge in [0.2, 0.25) is 0 Å². The Morgan fingerprint density at radius 3 is 0.580 bits per heavy atom. The SMILES string of the molecule is CCCCCCCCCCCCCCCCCCOC(=O)/C=C\C(=O)OCCO.CCCCCCCCCCCCCCCCCCOC(=O)C(=O)OCCO.CCCCCCCCCCCCCCCCCCOC(=O)C(C)(C)C(=O)OCCO.CCCCCCCCCCCCCCCCCCOC(=O)C(C)C(=O)OCCO.CCCCCCCCCCCCCCCCCCOC(=O)CC(=O)OCCO.